The first-order valence-corrected chi connectivity index (χ1v) is 9.40. The van der Waals surface area contributed by atoms with Gasteiger partial charge in [-0.3, -0.25) is 4.98 Å². The van der Waals surface area contributed by atoms with Gasteiger partial charge in [-0.1, -0.05) is 47.2 Å². The molecule has 0 fully saturated rings. The molecule has 30 heavy (non-hydrogen) atoms. The van der Waals surface area contributed by atoms with Gasteiger partial charge in [0.05, 0.1) is 26.9 Å². The molecule has 4 nitrogen and oxygen atoms in total. The Labute approximate surface area is 179 Å². The third-order valence-corrected chi connectivity index (χ3v) is 4.83. The van der Waals surface area contributed by atoms with Gasteiger partial charge < -0.3 is 0 Å². The highest BCUT2D eigenvalue weighted by molar-refractivity contribution is 6.33. The molecule has 3 aromatic carbocycles. The SMILES string of the molecule is O=c1[nH]c(-c2c(F)cccc2Cl)nn1-c1ccc(C#Cc2cccc(Cl)c2F)cc1. The first kappa shape index (κ1) is 19.9. The molecule has 1 heterocycles. The lowest BCUT2D eigenvalue weighted by Crippen LogP contribution is -2.15. The quantitative estimate of drug-likeness (QED) is 0.434. The Kier molecular flexibility index (Phi) is 5.40. The molecule has 0 bridgehead atoms. The number of H-pyrrole nitrogens is 1. The van der Waals surface area contributed by atoms with E-state index < -0.39 is 17.3 Å². The van der Waals surface area contributed by atoms with E-state index in [4.69, 9.17) is 23.2 Å². The summed E-state index contributed by atoms with van der Waals surface area (Å²) >= 11 is 11.8. The topological polar surface area (TPSA) is 50.7 Å². The molecular weight excluding hydrogens is 431 g/mol. The van der Waals surface area contributed by atoms with Crippen molar-refractivity contribution in [1.82, 2.24) is 14.8 Å². The maximum atomic E-state index is 14.1. The van der Waals surface area contributed by atoms with E-state index in [0.717, 1.165) is 4.68 Å². The van der Waals surface area contributed by atoms with Crippen LogP contribution in [0.5, 0.6) is 0 Å². The van der Waals surface area contributed by atoms with Gasteiger partial charge in [-0.25, -0.2) is 13.6 Å². The van der Waals surface area contributed by atoms with Crippen LogP contribution in [0.2, 0.25) is 10.0 Å². The van der Waals surface area contributed by atoms with E-state index in [9.17, 15) is 13.6 Å². The van der Waals surface area contributed by atoms with Crippen LogP contribution in [0.15, 0.2) is 65.5 Å². The molecule has 0 aliphatic carbocycles. The summed E-state index contributed by atoms with van der Waals surface area (Å²) in [4.78, 5) is 14.8. The molecule has 4 rings (SSSR count). The van der Waals surface area contributed by atoms with E-state index in [2.05, 4.69) is 21.9 Å². The summed E-state index contributed by atoms with van der Waals surface area (Å²) in [6, 6.07) is 15.3. The number of aromatic nitrogens is 3. The van der Waals surface area contributed by atoms with Crippen LogP contribution in [0.4, 0.5) is 8.78 Å². The third kappa shape index (κ3) is 3.86. The standard InChI is InChI=1S/C22H11Cl2F2N3O/c23-16-4-2-6-18(25)19(16)21-27-22(30)29(28-21)15-11-8-13(9-12-15)7-10-14-3-1-5-17(24)20(14)26/h1-6,8-9,11-12H,(H,27,28,30). The van der Waals surface area contributed by atoms with Crippen molar-refractivity contribution >= 4 is 23.2 Å². The zero-order chi connectivity index (χ0) is 21.3. The van der Waals surface area contributed by atoms with E-state index in [1.165, 1.54) is 30.3 Å². The molecule has 0 saturated heterocycles. The second-order valence-corrected chi connectivity index (χ2v) is 7.00. The number of benzene rings is 3. The molecule has 8 heteroatoms. The molecule has 0 spiro atoms. The normalized spacial score (nSPS) is 10.5. The highest BCUT2D eigenvalue weighted by atomic mass is 35.5. The van der Waals surface area contributed by atoms with Crippen LogP contribution in [0.3, 0.4) is 0 Å². The fraction of sp³-hybridized carbons (Fsp3) is 0. The van der Waals surface area contributed by atoms with Gasteiger partial charge in [0.25, 0.3) is 0 Å². The van der Waals surface area contributed by atoms with Crippen LogP contribution in [-0.2, 0) is 0 Å². The molecule has 0 amide bonds. The van der Waals surface area contributed by atoms with Crippen LogP contribution in [0.1, 0.15) is 11.1 Å². The van der Waals surface area contributed by atoms with Crippen LogP contribution in [0.25, 0.3) is 17.1 Å². The van der Waals surface area contributed by atoms with Crippen LogP contribution in [0, 0.1) is 23.5 Å². The van der Waals surface area contributed by atoms with Crippen molar-refractivity contribution in [2.24, 2.45) is 0 Å². The third-order valence-electron chi connectivity index (χ3n) is 4.22. The second-order valence-electron chi connectivity index (χ2n) is 6.19. The monoisotopic (exact) mass is 441 g/mol. The van der Waals surface area contributed by atoms with Gasteiger partial charge >= 0.3 is 5.69 Å². The van der Waals surface area contributed by atoms with E-state index in [1.807, 2.05) is 0 Å². The maximum absolute atomic E-state index is 14.1. The average Bonchev–Trinajstić information content (AvgIpc) is 3.10. The minimum Gasteiger partial charge on any atom is -0.288 e. The molecule has 4 aromatic rings. The van der Waals surface area contributed by atoms with Gasteiger partial charge in [-0.15, -0.1) is 5.10 Å². The summed E-state index contributed by atoms with van der Waals surface area (Å²) in [6.45, 7) is 0. The Morgan fingerprint density at radius 3 is 2.33 bits per heavy atom. The van der Waals surface area contributed by atoms with Crippen LogP contribution < -0.4 is 5.69 Å². The zero-order valence-corrected chi connectivity index (χ0v) is 16.6. The van der Waals surface area contributed by atoms with Crippen molar-refractivity contribution in [1.29, 1.82) is 0 Å². The lowest BCUT2D eigenvalue weighted by molar-refractivity contribution is 0.625. The second kappa shape index (κ2) is 8.15. The lowest BCUT2D eigenvalue weighted by atomic mass is 10.1. The van der Waals surface area contributed by atoms with E-state index in [1.54, 1.807) is 30.3 Å². The molecule has 0 aliphatic heterocycles. The molecule has 0 unspecified atom stereocenters. The number of rotatable bonds is 2. The fourth-order valence-electron chi connectivity index (χ4n) is 2.76. The number of aromatic amines is 1. The molecule has 1 aromatic heterocycles. The summed E-state index contributed by atoms with van der Waals surface area (Å²) in [7, 11) is 0. The van der Waals surface area contributed by atoms with Crippen molar-refractivity contribution in [2.45, 2.75) is 0 Å². The van der Waals surface area contributed by atoms with Gasteiger partial charge in [0, 0.05) is 5.56 Å². The number of hydrogen-bond donors (Lipinski definition) is 1. The molecule has 0 aliphatic rings. The number of hydrogen-bond acceptors (Lipinski definition) is 2. The molecule has 0 radical (unpaired) electrons. The Balaban J connectivity index is 1.65. The van der Waals surface area contributed by atoms with Gasteiger partial charge in [0.15, 0.2) is 11.6 Å². The van der Waals surface area contributed by atoms with Gasteiger partial charge in [0.2, 0.25) is 0 Å². The van der Waals surface area contributed by atoms with Crippen molar-refractivity contribution in [3.8, 4) is 28.9 Å². The van der Waals surface area contributed by atoms with Crippen molar-refractivity contribution in [3.63, 3.8) is 0 Å². The summed E-state index contributed by atoms with van der Waals surface area (Å²) in [6.07, 6.45) is 0. The molecule has 1 N–H and O–H groups in total. The predicted molar refractivity (Wildman–Crippen MR) is 112 cm³/mol. The van der Waals surface area contributed by atoms with E-state index >= 15 is 0 Å². The summed E-state index contributed by atoms with van der Waals surface area (Å²) in [5.41, 5.74) is 0.681. The maximum Gasteiger partial charge on any atom is 0.348 e. The summed E-state index contributed by atoms with van der Waals surface area (Å²) in [5.74, 6) is 4.40. The van der Waals surface area contributed by atoms with Crippen molar-refractivity contribution in [2.75, 3.05) is 0 Å². The highest BCUT2D eigenvalue weighted by Gasteiger charge is 2.16. The Morgan fingerprint density at radius 1 is 0.900 bits per heavy atom. The van der Waals surface area contributed by atoms with Gasteiger partial charge in [-0.05, 0) is 48.5 Å². The van der Waals surface area contributed by atoms with Gasteiger partial charge in [-0.2, -0.15) is 4.68 Å². The minimum atomic E-state index is -0.595. The molecule has 0 saturated carbocycles. The molecular formula is C22H11Cl2F2N3O. The first-order valence-electron chi connectivity index (χ1n) is 8.64. The zero-order valence-electron chi connectivity index (χ0n) is 15.1. The van der Waals surface area contributed by atoms with E-state index in [-0.39, 0.29) is 27.0 Å². The number of halogens is 4. The fourth-order valence-corrected chi connectivity index (χ4v) is 3.19. The Hall–Kier alpha value is -3.40. The minimum absolute atomic E-state index is 0.000755. The predicted octanol–water partition coefficient (Wildman–Crippen LogP) is 5.21. The Morgan fingerprint density at radius 2 is 1.60 bits per heavy atom. The number of nitrogens with zero attached hydrogens (tertiary/aromatic N) is 2. The average molecular weight is 442 g/mol. The molecule has 0 atom stereocenters. The van der Waals surface area contributed by atoms with Crippen molar-refractivity contribution in [3.05, 3.63) is 104 Å². The van der Waals surface area contributed by atoms with E-state index in [0.29, 0.717) is 11.3 Å². The lowest BCUT2D eigenvalue weighted by Gasteiger charge is -2.02. The largest absolute Gasteiger partial charge is 0.348 e. The summed E-state index contributed by atoms with van der Waals surface area (Å²) in [5, 5.41) is 4.28. The van der Waals surface area contributed by atoms with Crippen molar-refractivity contribution < 1.29 is 8.78 Å². The smallest absolute Gasteiger partial charge is 0.288 e. The molecule has 148 valence electrons. The summed E-state index contributed by atoms with van der Waals surface area (Å²) < 4.78 is 29.1. The Bertz CT molecular complexity index is 1350. The van der Waals surface area contributed by atoms with Crippen LogP contribution >= 0.6 is 23.2 Å². The van der Waals surface area contributed by atoms with Gasteiger partial charge in [0.1, 0.15) is 5.82 Å². The van der Waals surface area contributed by atoms with Crippen LogP contribution in [-0.4, -0.2) is 14.8 Å². The number of nitrogens with one attached hydrogen (secondary N) is 1. The first-order chi connectivity index (χ1) is 14.4. The highest BCUT2D eigenvalue weighted by Crippen LogP contribution is 2.27.